The van der Waals surface area contributed by atoms with Crippen molar-refractivity contribution in [1.82, 2.24) is 9.97 Å². The van der Waals surface area contributed by atoms with Gasteiger partial charge in [-0.05, 0) is 24.3 Å². The Hall–Kier alpha value is -3.35. The van der Waals surface area contributed by atoms with E-state index in [0.717, 1.165) is 26.2 Å². The number of hydrogen-bond acceptors (Lipinski definition) is 6. The molecule has 1 aliphatic rings. The summed E-state index contributed by atoms with van der Waals surface area (Å²) < 4.78 is 13.9. The maximum absolute atomic E-state index is 13.9. The second-order valence-corrected chi connectivity index (χ2v) is 6.37. The Labute approximate surface area is 157 Å². The van der Waals surface area contributed by atoms with Crippen molar-refractivity contribution in [2.24, 2.45) is 0 Å². The first kappa shape index (κ1) is 17.1. The molecular weight excluding hydrogens is 343 g/mol. The van der Waals surface area contributed by atoms with Gasteiger partial charge in [0.1, 0.15) is 17.8 Å². The van der Waals surface area contributed by atoms with Crippen molar-refractivity contribution in [2.75, 3.05) is 47.0 Å². The number of benzene rings is 2. The van der Waals surface area contributed by atoms with Crippen LogP contribution in [0.2, 0.25) is 0 Å². The minimum atomic E-state index is -0.353. The van der Waals surface area contributed by atoms with E-state index in [9.17, 15) is 4.39 Å². The molecule has 4 rings (SSSR count). The molecule has 138 valence electrons. The topological polar surface area (TPSA) is 70.3 Å². The summed E-state index contributed by atoms with van der Waals surface area (Å²) in [5, 5.41) is 2.97. The molecule has 0 aliphatic carbocycles. The number of nitrogens with one attached hydrogen (secondary N) is 1. The number of hydrogen-bond donors (Lipinski definition) is 2. The summed E-state index contributed by atoms with van der Waals surface area (Å²) in [7, 11) is 0. The van der Waals surface area contributed by atoms with Crippen molar-refractivity contribution in [2.45, 2.75) is 0 Å². The normalized spacial score (nSPS) is 14.3. The number of nitrogen functional groups attached to an aromatic ring is 1. The number of rotatable bonds is 4. The molecule has 0 unspecified atom stereocenters. The molecular formula is C20H21FN6. The van der Waals surface area contributed by atoms with Crippen molar-refractivity contribution >= 4 is 28.7 Å². The third-order valence-corrected chi connectivity index (χ3v) is 4.69. The number of nitrogens with zero attached hydrogens (tertiary/aromatic N) is 4. The number of anilines is 5. The van der Waals surface area contributed by atoms with Gasteiger partial charge in [-0.2, -0.15) is 0 Å². The van der Waals surface area contributed by atoms with Crippen LogP contribution in [-0.2, 0) is 0 Å². The zero-order valence-electron chi connectivity index (χ0n) is 14.8. The number of aromatic nitrogens is 2. The summed E-state index contributed by atoms with van der Waals surface area (Å²) in [6, 6.07) is 16.8. The average molecular weight is 364 g/mol. The molecule has 2 aromatic carbocycles. The monoisotopic (exact) mass is 364 g/mol. The van der Waals surface area contributed by atoms with Crippen molar-refractivity contribution in [3.05, 3.63) is 66.7 Å². The lowest BCUT2D eigenvalue weighted by Crippen LogP contribution is -2.47. The largest absolute Gasteiger partial charge is 0.393 e. The van der Waals surface area contributed by atoms with Gasteiger partial charge in [-0.25, -0.2) is 14.4 Å². The first-order valence-electron chi connectivity index (χ1n) is 8.89. The SMILES string of the molecule is Nc1c(Nc2ccccc2F)ncnc1N1CCN(c2ccccc2)CC1. The molecule has 1 aromatic heterocycles. The standard InChI is InChI=1S/C20H21FN6/c21-16-8-4-5-9-17(16)25-19-18(22)20(24-14-23-19)27-12-10-26(11-13-27)15-6-2-1-3-7-15/h1-9,14H,10-13,22H2,(H,23,24,25). The lowest BCUT2D eigenvalue weighted by atomic mass is 10.2. The lowest BCUT2D eigenvalue weighted by Gasteiger charge is -2.37. The fourth-order valence-electron chi connectivity index (χ4n) is 3.24. The fourth-order valence-corrected chi connectivity index (χ4v) is 3.24. The summed E-state index contributed by atoms with van der Waals surface area (Å²) in [6.07, 6.45) is 1.46. The molecule has 0 spiro atoms. The van der Waals surface area contributed by atoms with Gasteiger partial charge in [0.2, 0.25) is 0 Å². The maximum atomic E-state index is 13.9. The van der Waals surface area contributed by atoms with E-state index in [0.29, 0.717) is 23.0 Å². The highest BCUT2D eigenvalue weighted by molar-refractivity contribution is 5.78. The van der Waals surface area contributed by atoms with E-state index in [-0.39, 0.29) is 5.82 Å². The Morgan fingerprint density at radius 1 is 0.852 bits per heavy atom. The van der Waals surface area contributed by atoms with E-state index >= 15 is 0 Å². The van der Waals surface area contributed by atoms with Gasteiger partial charge in [0.25, 0.3) is 0 Å². The maximum Gasteiger partial charge on any atom is 0.159 e. The third kappa shape index (κ3) is 3.62. The van der Waals surface area contributed by atoms with E-state index in [4.69, 9.17) is 5.73 Å². The third-order valence-electron chi connectivity index (χ3n) is 4.69. The van der Waals surface area contributed by atoms with E-state index < -0.39 is 0 Å². The summed E-state index contributed by atoms with van der Waals surface area (Å²) in [5.41, 5.74) is 8.27. The predicted molar refractivity (Wildman–Crippen MR) is 107 cm³/mol. The van der Waals surface area contributed by atoms with Gasteiger partial charge in [-0.3, -0.25) is 0 Å². The van der Waals surface area contributed by atoms with Crippen LogP contribution in [0.3, 0.4) is 0 Å². The van der Waals surface area contributed by atoms with E-state index in [1.54, 1.807) is 18.2 Å². The predicted octanol–water partition coefficient (Wildman–Crippen LogP) is 3.27. The molecule has 1 saturated heterocycles. The van der Waals surface area contributed by atoms with Crippen molar-refractivity contribution in [1.29, 1.82) is 0 Å². The number of halogens is 1. The van der Waals surface area contributed by atoms with Gasteiger partial charge in [0, 0.05) is 31.9 Å². The molecule has 0 atom stereocenters. The quantitative estimate of drug-likeness (QED) is 0.740. The van der Waals surface area contributed by atoms with Crippen LogP contribution in [0.25, 0.3) is 0 Å². The average Bonchev–Trinajstić information content (AvgIpc) is 2.72. The number of nitrogens with two attached hydrogens (primary N) is 1. The minimum Gasteiger partial charge on any atom is -0.393 e. The molecule has 0 radical (unpaired) electrons. The van der Waals surface area contributed by atoms with Crippen LogP contribution >= 0.6 is 0 Å². The molecule has 0 amide bonds. The fraction of sp³-hybridized carbons (Fsp3) is 0.200. The van der Waals surface area contributed by atoms with Crippen molar-refractivity contribution in [3.8, 4) is 0 Å². The number of para-hydroxylation sites is 2. The molecule has 0 bridgehead atoms. The van der Waals surface area contributed by atoms with Crippen LogP contribution in [0.15, 0.2) is 60.9 Å². The highest BCUT2D eigenvalue weighted by atomic mass is 19.1. The molecule has 6 nitrogen and oxygen atoms in total. The van der Waals surface area contributed by atoms with Gasteiger partial charge >= 0.3 is 0 Å². The van der Waals surface area contributed by atoms with Crippen LogP contribution in [0.5, 0.6) is 0 Å². The smallest absolute Gasteiger partial charge is 0.159 e. The molecule has 27 heavy (non-hydrogen) atoms. The van der Waals surface area contributed by atoms with Crippen LogP contribution in [-0.4, -0.2) is 36.1 Å². The van der Waals surface area contributed by atoms with Crippen molar-refractivity contribution in [3.63, 3.8) is 0 Å². The zero-order chi connectivity index (χ0) is 18.6. The minimum absolute atomic E-state index is 0.336. The van der Waals surface area contributed by atoms with E-state index in [1.807, 2.05) is 18.2 Å². The lowest BCUT2D eigenvalue weighted by molar-refractivity contribution is 0.631. The Bertz CT molecular complexity index is 909. The van der Waals surface area contributed by atoms with Crippen LogP contribution < -0.4 is 20.9 Å². The highest BCUT2D eigenvalue weighted by Crippen LogP contribution is 2.30. The van der Waals surface area contributed by atoms with Crippen LogP contribution in [0.4, 0.5) is 33.1 Å². The van der Waals surface area contributed by atoms with Crippen molar-refractivity contribution < 1.29 is 4.39 Å². The van der Waals surface area contributed by atoms with Gasteiger partial charge in [0.05, 0.1) is 5.69 Å². The van der Waals surface area contributed by atoms with E-state index in [1.165, 1.54) is 18.1 Å². The second-order valence-electron chi connectivity index (χ2n) is 6.37. The van der Waals surface area contributed by atoms with Gasteiger partial charge < -0.3 is 20.9 Å². The van der Waals surface area contributed by atoms with Gasteiger partial charge in [-0.15, -0.1) is 0 Å². The van der Waals surface area contributed by atoms with E-state index in [2.05, 4.69) is 37.2 Å². The van der Waals surface area contributed by atoms with Crippen LogP contribution in [0.1, 0.15) is 0 Å². The van der Waals surface area contributed by atoms with Gasteiger partial charge in [-0.1, -0.05) is 30.3 Å². The van der Waals surface area contributed by atoms with Gasteiger partial charge in [0.15, 0.2) is 11.6 Å². The molecule has 1 fully saturated rings. The summed E-state index contributed by atoms with van der Waals surface area (Å²) in [4.78, 5) is 13.0. The zero-order valence-corrected chi connectivity index (χ0v) is 14.8. The number of piperazine rings is 1. The second kappa shape index (κ2) is 7.49. The molecule has 3 aromatic rings. The molecule has 3 N–H and O–H groups in total. The Morgan fingerprint density at radius 3 is 2.26 bits per heavy atom. The van der Waals surface area contributed by atoms with Crippen LogP contribution in [0, 0.1) is 5.82 Å². The first-order chi connectivity index (χ1) is 13.2. The first-order valence-corrected chi connectivity index (χ1v) is 8.89. The summed E-state index contributed by atoms with van der Waals surface area (Å²) in [6.45, 7) is 3.36. The highest BCUT2D eigenvalue weighted by Gasteiger charge is 2.21. The molecule has 2 heterocycles. The summed E-state index contributed by atoms with van der Waals surface area (Å²) in [5.74, 6) is 0.737. The molecule has 1 aliphatic heterocycles. The summed E-state index contributed by atoms with van der Waals surface area (Å²) >= 11 is 0. The molecule has 0 saturated carbocycles. The molecule has 7 heteroatoms. The Kier molecular flexibility index (Phi) is 4.74. The Morgan fingerprint density at radius 2 is 1.52 bits per heavy atom. The Balaban J connectivity index is 1.49.